The standard InChI is InChI=1S/C11H18ClN/c1-2-11(12)5-3-4-10-6-8-13-9-7-10/h3-5,10,13H,2,6-9H2,1H3/b4-3+,11-5+. The van der Waals surface area contributed by atoms with Gasteiger partial charge >= 0.3 is 0 Å². The smallest absolute Gasteiger partial charge is 0.0178 e. The molecule has 0 aromatic heterocycles. The van der Waals surface area contributed by atoms with Crippen molar-refractivity contribution in [1.82, 2.24) is 5.32 Å². The van der Waals surface area contributed by atoms with Crippen molar-refractivity contribution in [1.29, 1.82) is 0 Å². The molecule has 1 N–H and O–H groups in total. The Balaban J connectivity index is 2.29. The Labute approximate surface area is 85.9 Å². The van der Waals surface area contributed by atoms with E-state index in [1.807, 2.05) is 6.08 Å². The maximum atomic E-state index is 5.88. The predicted molar refractivity (Wildman–Crippen MR) is 59.0 cm³/mol. The molecule has 0 unspecified atom stereocenters. The zero-order chi connectivity index (χ0) is 9.52. The highest BCUT2D eigenvalue weighted by Crippen LogP contribution is 2.13. The minimum atomic E-state index is 0.749. The van der Waals surface area contributed by atoms with E-state index >= 15 is 0 Å². The van der Waals surface area contributed by atoms with Crippen molar-refractivity contribution in [3.63, 3.8) is 0 Å². The number of rotatable bonds is 3. The highest BCUT2D eigenvalue weighted by molar-refractivity contribution is 6.29. The van der Waals surface area contributed by atoms with Crippen LogP contribution in [0.5, 0.6) is 0 Å². The fourth-order valence-corrected chi connectivity index (χ4v) is 1.54. The minimum absolute atomic E-state index is 0.749. The van der Waals surface area contributed by atoms with Crippen LogP contribution in [0.1, 0.15) is 26.2 Å². The highest BCUT2D eigenvalue weighted by atomic mass is 35.5. The zero-order valence-electron chi connectivity index (χ0n) is 8.22. The molecule has 1 nitrogen and oxygen atoms in total. The number of piperidine rings is 1. The van der Waals surface area contributed by atoms with Gasteiger partial charge in [-0.05, 0) is 44.3 Å². The second kappa shape index (κ2) is 6.22. The Bertz CT molecular complexity index is 190. The summed E-state index contributed by atoms with van der Waals surface area (Å²) in [6.07, 6.45) is 9.82. The van der Waals surface area contributed by atoms with E-state index in [0.717, 1.165) is 30.5 Å². The monoisotopic (exact) mass is 199 g/mol. The molecule has 0 radical (unpaired) electrons. The van der Waals surface area contributed by atoms with E-state index in [1.165, 1.54) is 12.8 Å². The van der Waals surface area contributed by atoms with E-state index in [2.05, 4.69) is 24.4 Å². The normalized spacial score (nSPS) is 21.2. The molecular formula is C11H18ClN. The van der Waals surface area contributed by atoms with E-state index in [9.17, 15) is 0 Å². The van der Waals surface area contributed by atoms with E-state index in [-0.39, 0.29) is 0 Å². The van der Waals surface area contributed by atoms with E-state index < -0.39 is 0 Å². The van der Waals surface area contributed by atoms with Gasteiger partial charge in [-0.15, -0.1) is 0 Å². The Morgan fingerprint density at radius 3 is 2.77 bits per heavy atom. The molecule has 0 amide bonds. The summed E-state index contributed by atoms with van der Waals surface area (Å²) in [4.78, 5) is 0. The minimum Gasteiger partial charge on any atom is -0.317 e. The Morgan fingerprint density at radius 1 is 1.46 bits per heavy atom. The van der Waals surface area contributed by atoms with Crippen molar-refractivity contribution in [2.24, 2.45) is 5.92 Å². The first-order valence-electron chi connectivity index (χ1n) is 5.06. The van der Waals surface area contributed by atoms with Crippen molar-refractivity contribution in [2.45, 2.75) is 26.2 Å². The van der Waals surface area contributed by atoms with Crippen LogP contribution in [0, 0.1) is 5.92 Å². The second-order valence-corrected chi connectivity index (χ2v) is 3.92. The molecule has 0 aromatic carbocycles. The summed E-state index contributed by atoms with van der Waals surface area (Å²) in [6.45, 7) is 4.37. The fraction of sp³-hybridized carbons (Fsp3) is 0.636. The van der Waals surface area contributed by atoms with Gasteiger partial charge in [0.15, 0.2) is 0 Å². The predicted octanol–water partition coefficient (Wildman–Crippen LogP) is 3.07. The van der Waals surface area contributed by atoms with Gasteiger partial charge in [-0.25, -0.2) is 0 Å². The molecule has 2 heteroatoms. The van der Waals surface area contributed by atoms with Gasteiger partial charge < -0.3 is 5.32 Å². The topological polar surface area (TPSA) is 12.0 Å². The quantitative estimate of drug-likeness (QED) is 0.689. The van der Waals surface area contributed by atoms with Gasteiger partial charge in [0, 0.05) is 5.03 Å². The van der Waals surface area contributed by atoms with Gasteiger partial charge in [-0.1, -0.05) is 30.7 Å². The van der Waals surface area contributed by atoms with Crippen LogP contribution in [-0.2, 0) is 0 Å². The maximum Gasteiger partial charge on any atom is 0.0178 e. The third kappa shape index (κ3) is 4.49. The Kier molecular flexibility index (Phi) is 5.18. The second-order valence-electron chi connectivity index (χ2n) is 3.44. The van der Waals surface area contributed by atoms with Crippen LogP contribution in [0.2, 0.25) is 0 Å². The molecular weight excluding hydrogens is 182 g/mol. The van der Waals surface area contributed by atoms with Crippen molar-refractivity contribution >= 4 is 11.6 Å². The first kappa shape index (κ1) is 10.8. The number of nitrogens with one attached hydrogen (secondary N) is 1. The molecule has 0 aromatic rings. The number of allylic oxidation sites excluding steroid dienone is 4. The molecule has 0 bridgehead atoms. The fourth-order valence-electron chi connectivity index (χ4n) is 1.47. The third-order valence-electron chi connectivity index (χ3n) is 2.38. The molecule has 1 saturated heterocycles. The van der Waals surface area contributed by atoms with Crippen LogP contribution in [-0.4, -0.2) is 13.1 Å². The first-order chi connectivity index (χ1) is 6.33. The van der Waals surface area contributed by atoms with E-state index in [1.54, 1.807) is 0 Å². The van der Waals surface area contributed by atoms with Gasteiger partial charge in [0.05, 0.1) is 0 Å². The average Bonchev–Trinajstić information content (AvgIpc) is 2.19. The SMILES string of the molecule is CC/C(Cl)=C\C=C\C1CCNCC1. The molecule has 1 aliphatic rings. The molecule has 0 atom stereocenters. The maximum absolute atomic E-state index is 5.88. The summed E-state index contributed by atoms with van der Waals surface area (Å²) >= 11 is 5.88. The lowest BCUT2D eigenvalue weighted by Crippen LogP contribution is -2.26. The highest BCUT2D eigenvalue weighted by Gasteiger charge is 2.08. The van der Waals surface area contributed by atoms with E-state index in [4.69, 9.17) is 11.6 Å². The lowest BCUT2D eigenvalue weighted by Gasteiger charge is -2.18. The van der Waals surface area contributed by atoms with Crippen LogP contribution in [0.15, 0.2) is 23.3 Å². The van der Waals surface area contributed by atoms with Crippen molar-refractivity contribution < 1.29 is 0 Å². The van der Waals surface area contributed by atoms with Gasteiger partial charge in [-0.2, -0.15) is 0 Å². The lowest BCUT2D eigenvalue weighted by atomic mass is 9.98. The third-order valence-corrected chi connectivity index (χ3v) is 2.78. The van der Waals surface area contributed by atoms with Gasteiger partial charge in [0.1, 0.15) is 0 Å². The molecule has 74 valence electrons. The van der Waals surface area contributed by atoms with Gasteiger partial charge in [-0.3, -0.25) is 0 Å². The zero-order valence-corrected chi connectivity index (χ0v) is 8.98. The molecule has 1 fully saturated rings. The molecule has 1 heterocycles. The lowest BCUT2D eigenvalue weighted by molar-refractivity contribution is 0.436. The summed E-state index contributed by atoms with van der Waals surface area (Å²) < 4.78 is 0. The summed E-state index contributed by atoms with van der Waals surface area (Å²) in [5.74, 6) is 0.749. The van der Waals surface area contributed by atoms with Gasteiger partial charge in [0.2, 0.25) is 0 Å². The summed E-state index contributed by atoms with van der Waals surface area (Å²) in [5, 5.41) is 4.29. The molecule has 13 heavy (non-hydrogen) atoms. The van der Waals surface area contributed by atoms with Crippen LogP contribution < -0.4 is 5.32 Å². The average molecular weight is 200 g/mol. The van der Waals surface area contributed by atoms with Crippen molar-refractivity contribution in [3.05, 3.63) is 23.3 Å². The van der Waals surface area contributed by atoms with Crippen LogP contribution in [0.25, 0.3) is 0 Å². The van der Waals surface area contributed by atoms with Crippen LogP contribution >= 0.6 is 11.6 Å². The summed E-state index contributed by atoms with van der Waals surface area (Å²) in [6, 6.07) is 0. The van der Waals surface area contributed by atoms with Crippen molar-refractivity contribution in [2.75, 3.05) is 13.1 Å². The number of halogens is 1. The number of hydrogen-bond donors (Lipinski definition) is 1. The molecule has 1 rings (SSSR count). The summed E-state index contributed by atoms with van der Waals surface area (Å²) in [7, 11) is 0. The Morgan fingerprint density at radius 2 is 2.15 bits per heavy atom. The molecule has 1 aliphatic heterocycles. The number of hydrogen-bond acceptors (Lipinski definition) is 1. The van der Waals surface area contributed by atoms with Crippen LogP contribution in [0.3, 0.4) is 0 Å². The molecule has 0 aliphatic carbocycles. The van der Waals surface area contributed by atoms with Gasteiger partial charge in [0.25, 0.3) is 0 Å². The molecule has 0 saturated carbocycles. The van der Waals surface area contributed by atoms with E-state index in [0.29, 0.717) is 0 Å². The first-order valence-corrected chi connectivity index (χ1v) is 5.44. The van der Waals surface area contributed by atoms with Crippen LogP contribution in [0.4, 0.5) is 0 Å². The van der Waals surface area contributed by atoms with Crippen molar-refractivity contribution in [3.8, 4) is 0 Å². The summed E-state index contributed by atoms with van der Waals surface area (Å²) in [5.41, 5.74) is 0. The largest absolute Gasteiger partial charge is 0.317 e. The molecule has 0 spiro atoms. The Hall–Kier alpha value is -0.270.